The van der Waals surface area contributed by atoms with Crippen molar-refractivity contribution < 1.29 is 14.3 Å². The van der Waals surface area contributed by atoms with Crippen molar-refractivity contribution >= 4 is 5.91 Å². The van der Waals surface area contributed by atoms with E-state index in [0.717, 1.165) is 5.56 Å². The van der Waals surface area contributed by atoms with E-state index in [0.29, 0.717) is 23.6 Å². The van der Waals surface area contributed by atoms with Gasteiger partial charge in [-0.3, -0.25) is 4.79 Å². The number of nitrogens with one attached hydrogen (secondary N) is 1. The third-order valence-corrected chi connectivity index (χ3v) is 2.30. The summed E-state index contributed by atoms with van der Waals surface area (Å²) < 4.78 is 10.3. The molecule has 0 bridgehead atoms. The van der Waals surface area contributed by atoms with Gasteiger partial charge in [-0.1, -0.05) is 0 Å². The maximum absolute atomic E-state index is 11.5. The van der Waals surface area contributed by atoms with Crippen LogP contribution >= 0.6 is 0 Å². The van der Waals surface area contributed by atoms with Crippen LogP contribution in [0, 0.1) is 0 Å². The molecular weight excluding hydrogens is 208 g/mol. The number of hydrogen-bond donors (Lipinski definition) is 2. The summed E-state index contributed by atoms with van der Waals surface area (Å²) in [6.45, 7) is 0.292. The van der Waals surface area contributed by atoms with E-state index < -0.39 is 0 Å². The Bertz CT molecular complexity index is 366. The van der Waals surface area contributed by atoms with Crippen molar-refractivity contribution in [3.05, 3.63) is 23.3 Å². The predicted molar refractivity (Wildman–Crippen MR) is 60.8 cm³/mol. The van der Waals surface area contributed by atoms with Gasteiger partial charge in [-0.15, -0.1) is 0 Å². The fourth-order valence-corrected chi connectivity index (χ4v) is 1.46. The lowest BCUT2D eigenvalue weighted by atomic mass is 10.1. The molecule has 0 aromatic heterocycles. The molecule has 0 aliphatic heterocycles. The zero-order valence-electron chi connectivity index (χ0n) is 9.66. The number of rotatable bonds is 4. The first-order valence-corrected chi connectivity index (χ1v) is 4.85. The summed E-state index contributed by atoms with van der Waals surface area (Å²) in [7, 11) is 4.63. The fourth-order valence-electron chi connectivity index (χ4n) is 1.46. The van der Waals surface area contributed by atoms with Crippen molar-refractivity contribution in [2.75, 3.05) is 21.3 Å². The Morgan fingerprint density at radius 2 is 1.81 bits per heavy atom. The number of ether oxygens (including phenoxy) is 2. The van der Waals surface area contributed by atoms with Crippen molar-refractivity contribution in [2.45, 2.75) is 6.54 Å². The second kappa shape index (κ2) is 5.37. The van der Waals surface area contributed by atoms with E-state index in [-0.39, 0.29) is 5.91 Å². The first-order valence-electron chi connectivity index (χ1n) is 4.85. The molecular formula is C11H16N2O3. The highest BCUT2D eigenvalue weighted by atomic mass is 16.5. The normalized spacial score (nSPS) is 9.75. The molecule has 5 nitrogen and oxygen atoms in total. The Hall–Kier alpha value is -1.75. The highest BCUT2D eigenvalue weighted by Gasteiger charge is 2.14. The van der Waals surface area contributed by atoms with Crippen molar-refractivity contribution in [1.29, 1.82) is 0 Å². The molecule has 0 unspecified atom stereocenters. The molecule has 5 heteroatoms. The Balaban J connectivity index is 3.31. The first-order chi connectivity index (χ1) is 7.67. The van der Waals surface area contributed by atoms with E-state index in [9.17, 15) is 4.79 Å². The van der Waals surface area contributed by atoms with Gasteiger partial charge in [-0.2, -0.15) is 0 Å². The Morgan fingerprint density at radius 1 is 1.31 bits per heavy atom. The molecule has 3 N–H and O–H groups in total. The van der Waals surface area contributed by atoms with Gasteiger partial charge in [0.05, 0.1) is 14.2 Å². The van der Waals surface area contributed by atoms with E-state index in [1.807, 2.05) is 0 Å². The van der Waals surface area contributed by atoms with E-state index in [1.54, 1.807) is 19.2 Å². The third-order valence-electron chi connectivity index (χ3n) is 2.30. The number of carbonyl (C=O) groups excluding carboxylic acids is 1. The minimum atomic E-state index is -0.194. The standard InChI is InChI=1S/C11H16N2O3/c1-13-11(14)7-4-9(15-2)8(6-12)10(5-7)16-3/h4-5H,6,12H2,1-3H3,(H,13,14). The molecule has 0 atom stereocenters. The van der Waals surface area contributed by atoms with Gasteiger partial charge < -0.3 is 20.5 Å². The summed E-state index contributed by atoms with van der Waals surface area (Å²) in [5, 5.41) is 2.54. The van der Waals surface area contributed by atoms with Crippen molar-refractivity contribution in [2.24, 2.45) is 5.73 Å². The second-order valence-electron chi connectivity index (χ2n) is 3.14. The average molecular weight is 224 g/mol. The van der Waals surface area contributed by atoms with Gasteiger partial charge in [0.25, 0.3) is 5.91 Å². The van der Waals surface area contributed by atoms with Gasteiger partial charge >= 0.3 is 0 Å². The van der Waals surface area contributed by atoms with Crippen LogP contribution in [0.3, 0.4) is 0 Å². The average Bonchev–Trinajstić information content (AvgIpc) is 2.35. The van der Waals surface area contributed by atoms with E-state index in [4.69, 9.17) is 15.2 Å². The largest absolute Gasteiger partial charge is 0.496 e. The topological polar surface area (TPSA) is 73.6 Å². The summed E-state index contributed by atoms with van der Waals surface area (Å²) in [6.07, 6.45) is 0. The highest BCUT2D eigenvalue weighted by Crippen LogP contribution is 2.29. The van der Waals surface area contributed by atoms with Gasteiger partial charge in [0.1, 0.15) is 11.5 Å². The summed E-state index contributed by atoms with van der Waals surface area (Å²) in [4.78, 5) is 11.5. The number of amides is 1. The van der Waals surface area contributed by atoms with Crippen molar-refractivity contribution in [3.8, 4) is 11.5 Å². The second-order valence-corrected chi connectivity index (χ2v) is 3.14. The molecule has 0 aliphatic rings. The van der Waals surface area contributed by atoms with Crippen LogP contribution in [0.5, 0.6) is 11.5 Å². The lowest BCUT2D eigenvalue weighted by Crippen LogP contribution is -2.18. The number of hydrogen-bond acceptors (Lipinski definition) is 4. The van der Waals surface area contributed by atoms with Crippen LogP contribution in [-0.4, -0.2) is 27.2 Å². The molecule has 0 radical (unpaired) electrons. The molecule has 1 aromatic carbocycles. The summed E-state index contributed by atoms with van der Waals surface area (Å²) in [6, 6.07) is 3.28. The maximum Gasteiger partial charge on any atom is 0.251 e. The van der Waals surface area contributed by atoms with Crippen LogP contribution < -0.4 is 20.5 Å². The van der Waals surface area contributed by atoms with Gasteiger partial charge in [-0.05, 0) is 12.1 Å². The van der Waals surface area contributed by atoms with Crippen LogP contribution in [0.2, 0.25) is 0 Å². The molecule has 0 aliphatic carbocycles. The van der Waals surface area contributed by atoms with Gasteiger partial charge in [-0.25, -0.2) is 0 Å². The summed E-state index contributed by atoms with van der Waals surface area (Å²) in [5.74, 6) is 0.918. The Morgan fingerprint density at radius 3 is 2.12 bits per heavy atom. The number of carbonyl (C=O) groups is 1. The molecule has 0 fully saturated rings. The quantitative estimate of drug-likeness (QED) is 0.782. The Kier molecular flexibility index (Phi) is 4.13. The van der Waals surface area contributed by atoms with E-state index >= 15 is 0 Å². The summed E-state index contributed by atoms with van der Waals surface area (Å²) in [5.41, 5.74) is 6.83. The molecule has 0 spiro atoms. The highest BCUT2D eigenvalue weighted by molar-refractivity contribution is 5.95. The van der Waals surface area contributed by atoms with Crippen LogP contribution in [0.1, 0.15) is 15.9 Å². The lowest BCUT2D eigenvalue weighted by Gasteiger charge is -2.13. The molecule has 1 rings (SSSR count). The molecule has 16 heavy (non-hydrogen) atoms. The molecule has 88 valence electrons. The predicted octanol–water partition coefficient (Wildman–Crippen LogP) is 0.522. The van der Waals surface area contributed by atoms with Crippen LogP contribution in [0.4, 0.5) is 0 Å². The van der Waals surface area contributed by atoms with Crippen molar-refractivity contribution in [1.82, 2.24) is 5.32 Å². The molecule has 0 heterocycles. The van der Waals surface area contributed by atoms with Crippen LogP contribution in [-0.2, 0) is 6.54 Å². The third kappa shape index (κ3) is 2.25. The maximum atomic E-state index is 11.5. The Labute approximate surface area is 94.5 Å². The van der Waals surface area contributed by atoms with Crippen LogP contribution in [0.15, 0.2) is 12.1 Å². The SMILES string of the molecule is CNC(=O)c1cc(OC)c(CN)c(OC)c1. The zero-order valence-corrected chi connectivity index (χ0v) is 9.66. The smallest absolute Gasteiger partial charge is 0.251 e. The fraction of sp³-hybridized carbons (Fsp3) is 0.364. The van der Waals surface area contributed by atoms with E-state index in [1.165, 1.54) is 14.2 Å². The van der Waals surface area contributed by atoms with Crippen molar-refractivity contribution in [3.63, 3.8) is 0 Å². The number of methoxy groups -OCH3 is 2. The van der Waals surface area contributed by atoms with E-state index in [2.05, 4.69) is 5.32 Å². The lowest BCUT2D eigenvalue weighted by molar-refractivity contribution is 0.0962. The summed E-state index contributed by atoms with van der Waals surface area (Å²) >= 11 is 0. The molecule has 1 amide bonds. The molecule has 1 aromatic rings. The monoisotopic (exact) mass is 224 g/mol. The molecule has 0 saturated heterocycles. The minimum absolute atomic E-state index is 0.194. The van der Waals surface area contributed by atoms with Gasteiger partial charge in [0, 0.05) is 24.7 Å². The number of benzene rings is 1. The molecule has 0 saturated carbocycles. The first kappa shape index (κ1) is 12.3. The van der Waals surface area contributed by atoms with Gasteiger partial charge in [0.2, 0.25) is 0 Å². The van der Waals surface area contributed by atoms with Gasteiger partial charge in [0.15, 0.2) is 0 Å². The zero-order chi connectivity index (χ0) is 12.1. The number of nitrogens with two attached hydrogens (primary N) is 1. The van der Waals surface area contributed by atoms with Crippen LogP contribution in [0.25, 0.3) is 0 Å². The minimum Gasteiger partial charge on any atom is -0.496 e.